The van der Waals surface area contributed by atoms with E-state index in [2.05, 4.69) is 15.6 Å². The molecule has 0 saturated carbocycles. The predicted octanol–water partition coefficient (Wildman–Crippen LogP) is 1.88. The second-order valence-electron chi connectivity index (χ2n) is 4.64. The molecule has 0 atom stereocenters. The summed E-state index contributed by atoms with van der Waals surface area (Å²) in [6.07, 6.45) is 0.335. The molecule has 102 valence electrons. The van der Waals surface area contributed by atoms with Gasteiger partial charge in [0, 0.05) is 16.6 Å². The molecule has 1 aliphatic rings. The number of hydrogen-bond acceptors (Lipinski definition) is 4. The quantitative estimate of drug-likeness (QED) is 0.905. The van der Waals surface area contributed by atoms with E-state index in [1.54, 1.807) is 29.5 Å². The summed E-state index contributed by atoms with van der Waals surface area (Å²) in [6, 6.07) is 5.24. The van der Waals surface area contributed by atoms with Gasteiger partial charge in [0.25, 0.3) is 5.91 Å². The lowest BCUT2D eigenvalue weighted by atomic mass is 10.1. The van der Waals surface area contributed by atoms with Crippen LogP contribution in [-0.2, 0) is 17.8 Å². The van der Waals surface area contributed by atoms with Crippen LogP contribution >= 0.6 is 11.3 Å². The SMILES string of the molecule is Cc1nc(CNC(=O)c2ccc3c(c2)CC(=O)N3)cs1. The van der Waals surface area contributed by atoms with Crippen molar-refractivity contribution >= 4 is 28.8 Å². The number of aryl methyl sites for hydroxylation is 1. The number of nitrogens with zero attached hydrogens (tertiary/aromatic N) is 1. The lowest BCUT2D eigenvalue weighted by molar-refractivity contribution is -0.115. The number of hydrogen-bond donors (Lipinski definition) is 2. The van der Waals surface area contributed by atoms with Gasteiger partial charge in [0.1, 0.15) is 0 Å². The maximum Gasteiger partial charge on any atom is 0.251 e. The van der Waals surface area contributed by atoms with Crippen LogP contribution in [0.15, 0.2) is 23.6 Å². The topological polar surface area (TPSA) is 71.1 Å². The summed E-state index contributed by atoms with van der Waals surface area (Å²) in [5.41, 5.74) is 3.08. The fraction of sp³-hybridized carbons (Fsp3) is 0.214. The second-order valence-corrected chi connectivity index (χ2v) is 5.70. The number of nitrogens with one attached hydrogen (secondary N) is 2. The molecule has 0 radical (unpaired) electrons. The van der Waals surface area contributed by atoms with E-state index in [-0.39, 0.29) is 11.8 Å². The average Bonchev–Trinajstić information content (AvgIpc) is 2.99. The van der Waals surface area contributed by atoms with Crippen molar-refractivity contribution in [3.8, 4) is 0 Å². The van der Waals surface area contributed by atoms with Gasteiger partial charge in [-0.25, -0.2) is 4.98 Å². The van der Waals surface area contributed by atoms with Gasteiger partial charge in [-0.2, -0.15) is 0 Å². The summed E-state index contributed by atoms with van der Waals surface area (Å²) in [4.78, 5) is 27.6. The van der Waals surface area contributed by atoms with Crippen molar-refractivity contribution in [2.24, 2.45) is 0 Å². The number of benzene rings is 1. The van der Waals surface area contributed by atoms with Crippen molar-refractivity contribution in [3.05, 3.63) is 45.4 Å². The number of carbonyl (C=O) groups is 2. The van der Waals surface area contributed by atoms with E-state index in [4.69, 9.17) is 0 Å². The first-order valence-corrected chi connectivity index (χ1v) is 7.12. The van der Waals surface area contributed by atoms with E-state index >= 15 is 0 Å². The summed E-state index contributed by atoms with van der Waals surface area (Å²) in [6.45, 7) is 2.35. The summed E-state index contributed by atoms with van der Waals surface area (Å²) in [5.74, 6) is -0.187. The highest BCUT2D eigenvalue weighted by Gasteiger charge is 2.19. The van der Waals surface area contributed by atoms with Crippen LogP contribution in [0.2, 0.25) is 0 Å². The molecule has 0 spiro atoms. The molecule has 0 aliphatic carbocycles. The molecule has 0 unspecified atom stereocenters. The Morgan fingerprint density at radius 3 is 3.10 bits per heavy atom. The molecule has 1 aromatic heterocycles. The minimum atomic E-state index is -0.155. The highest BCUT2D eigenvalue weighted by atomic mass is 32.1. The van der Waals surface area contributed by atoms with Gasteiger partial charge in [0.15, 0.2) is 0 Å². The molecule has 2 amide bonds. The molecule has 3 rings (SSSR count). The molecule has 2 N–H and O–H groups in total. The van der Waals surface area contributed by atoms with E-state index in [0.29, 0.717) is 18.5 Å². The molecule has 2 aromatic rings. The molecule has 2 heterocycles. The van der Waals surface area contributed by atoms with Gasteiger partial charge in [-0.05, 0) is 30.7 Å². The van der Waals surface area contributed by atoms with Crippen molar-refractivity contribution in [1.29, 1.82) is 0 Å². The van der Waals surface area contributed by atoms with Crippen LogP contribution in [0.3, 0.4) is 0 Å². The lowest BCUT2D eigenvalue weighted by Gasteiger charge is -2.05. The molecule has 1 aromatic carbocycles. The van der Waals surface area contributed by atoms with Crippen LogP contribution in [0.5, 0.6) is 0 Å². The third kappa shape index (κ3) is 2.55. The Kier molecular flexibility index (Phi) is 3.23. The molecule has 1 aliphatic heterocycles. The van der Waals surface area contributed by atoms with Crippen molar-refractivity contribution < 1.29 is 9.59 Å². The Morgan fingerprint density at radius 2 is 2.35 bits per heavy atom. The van der Waals surface area contributed by atoms with E-state index in [9.17, 15) is 9.59 Å². The van der Waals surface area contributed by atoms with Crippen LogP contribution in [0.25, 0.3) is 0 Å². The largest absolute Gasteiger partial charge is 0.346 e. The minimum absolute atomic E-state index is 0.0319. The number of aromatic nitrogens is 1. The van der Waals surface area contributed by atoms with Crippen LogP contribution in [-0.4, -0.2) is 16.8 Å². The van der Waals surface area contributed by atoms with Crippen LogP contribution in [0, 0.1) is 6.92 Å². The first-order valence-electron chi connectivity index (χ1n) is 6.24. The Morgan fingerprint density at radius 1 is 1.50 bits per heavy atom. The molecule has 6 heteroatoms. The molecule has 5 nitrogen and oxygen atoms in total. The molecular formula is C14H13N3O2S. The Balaban J connectivity index is 1.69. The maximum atomic E-state index is 12.1. The van der Waals surface area contributed by atoms with Gasteiger partial charge in [0.2, 0.25) is 5.91 Å². The number of anilines is 1. The maximum absolute atomic E-state index is 12.1. The van der Waals surface area contributed by atoms with Gasteiger partial charge < -0.3 is 10.6 Å². The van der Waals surface area contributed by atoms with Crippen molar-refractivity contribution in [3.63, 3.8) is 0 Å². The fourth-order valence-electron chi connectivity index (χ4n) is 2.13. The van der Waals surface area contributed by atoms with Crippen LogP contribution < -0.4 is 10.6 Å². The zero-order valence-corrected chi connectivity index (χ0v) is 11.7. The van der Waals surface area contributed by atoms with Gasteiger partial charge in [0.05, 0.1) is 23.7 Å². The average molecular weight is 287 g/mol. The number of carbonyl (C=O) groups excluding carboxylic acids is 2. The molecule has 20 heavy (non-hydrogen) atoms. The summed E-state index contributed by atoms with van der Waals surface area (Å²) in [5, 5.41) is 8.49. The van der Waals surface area contributed by atoms with Crippen molar-refractivity contribution in [2.45, 2.75) is 19.9 Å². The van der Waals surface area contributed by atoms with Crippen LogP contribution in [0.1, 0.15) is 26.6 Å². The Bertz CT molecular complexity index is 693. The Hall–Kier alpha value is -2.21. The molecule has 0 saturated heterocycles. The fourth-order valence-corrected chi connectivity index (χ4v) is 2.75. The number of rotatable bonds is 3. The van der Waals surface area contributed by atoms with E-state index in [1.807, 2.05) is 12.3 Å². The first kappa shape index (κ1) is 12.8. The zero-order chi connectivity index (χ0) is 14.1. The third-order valence-electron chi connectivity index (χ3n) is 3.09. The van der Waals surface area contributed by atoms with Gasteiger partial charge >= 0.3 is 0 Å². The lowest BCUT2D eigenvalue weighted by Crippen LogP contribution is -2.23. The smallest absolute Gasteiger partial charge is 0.251 e. The summed E-state index contributed by atoms with van der Waals surface area (Å²) in [7, 11) is 0. The number of thiazole rings is 1. The first-order chi connectivity index (χ1) is 9.61. The van der Waals surface area contributed by atoms with Crippen molar-refractivity contribution in [2.75, 3.05) is 5.32 Å². The second kappa shape index (κ2) is 5.05. The summed E-state index contributed by atoms with van der Waals surface area (Å²) < 4.78 is 0. The molecular weight excluding hydrogens is 274 g/mol. The molecule has 0 fully saturated rings. The number of fused-ring (bicyclic) bond motifs is 1. The predicted molar refractivity (Wildman–Crippen MR) is 76.8 cm³/mol. The Labute approximate surface area is 120 Å². The molecule has 0 bridgehead atoms. The van der Waals surface area contributed by atoms with E-state index < -0.39 is 0 Å². The van der Waals surface area contributed by atoms with Gasteiger partial charge in [-0.15, -0.1) is 11.3 Å². The van der Waals surface area contributed by atoms with E-state index in [0.717, 1.165) is 22.0 Å². The number of amides is 2. The zero-order valence-electron chi connectivity index (χ0n) is 10.9. The van der Waals surface area contributed by atoms with Crippen molar-refractivity contribution in [1.82, 2.24) is 10.3 Å². The monoisotopic (exact) mass is 287 g/mol. The highest BCUT2D eigenvalue weighted by Crippen LogP contribution is 2.23. The van der Waals surface area contributed by atoms with E-state index in [1.165, 1.54) is 0 Å². The van der Waals surface area contributed by atoms with Gasteiger partial charge in [-0.3, -0.25) is 9.59 Å². The van der Waals surface area contributed by atoms with Crippen LogP contribution in [0.4, 0.5) is 5.69 Å². The highest BCUT2D eigenvalue weighted by molar-refractivity contribution is 7.09. The summed E-state index contributed by atoms with van der Waals surface area (Å²) >= 11 is 1.56. The van der Waals surface area contributed by atoms with Gasteiger partial charge in [-0.1, -0.05) is 0 Å². The third-order valence-corrected chi connectivity index (χ3v) is 3.91. The minimum Gasteiger partial charge on any atom is -0.346 e. The standard InChI is InChI=1S/C14H13N3O2S/c1-8-16-11(7-20-8)6-15-14(19)9-2-3-12-10(4-9)5-13(18)17-12/h2-4,7H,5-6H2,1H3,(H,15,19)(H,17,18). The normalized spacial score (nSPS) is 12.9.